The van der Waals surface area contributed by atoms with Crippen LogP contribution < -0.4 is 0 Å². The van der Waals surface area contributed by atoms with Crippen molar-refractivity contribution < 1.29 is 17.5 Å². The molecular formula is C19H21NO4S. The van der Waals surface area contributed by atoms with Crippen LogP contribution in [0.4, 0.5) is 0 Å². The molecule has 0 bridgehead atoms. The van der Waals surface area contributed by atoms with Crippen molar-refractivity contribution in [2.45, 2.75) is 38.0 Å². The van der Waals surface area contributed by atoms with Gasteiger partial charge in [-0.1, -0.05) is 61.5 Å². The summed E-state index contributed by atoms with van der Waals surface area (Å²) in [4.78, 5) is 12.1. The van der Waals surface area contributed by atoms with Crippen molar-refractivity contribution in [3.8, 4) is 0 Å². The molecule has 0 aliphatic rings. The maximum Gasteiger partial charge on any atom is 0.358 e. The Kier molecular flexibility index (Phi) is 6.09. The monoisotopic (exact) mass is 359 g/mol. The van der Waals surface area contributed by atoms with E-state index >= 15 is 0 Å². The van der Waals surface area contributed by atoms with Gasteiger partial charge >= 0.3 is 10.1 Å². The first-order valence-electron chi connectivity index (χ1n) is 8.03. The number of hydrogen-bond donors (Lipinski definition) is 0. The third-order valence-electron chi connectivity index (χ3n) is 3.99. The molecule has 1 unspecified atom stereocenters. The average Bonchev–Trinajstić information content (AvgIpc) is 2.65. The number of benzene rings is 2. The highest BCUT2D eigenvalue weighted by Crippen LogP contribution is 2.21. The second-order valence-electron chi connectivity index (χ2n) is 5.78. The maximum absolute atomic E-state index is 12.2. The molecule has 25 heavy (non-hydrogen) atoms. The Labute approximate surface area is 148 Å². The maximum atomic E-state index is 12.2. The summed E-state index contributed by atoms with van der Waals surface area (Å²) in [5.41, 5.74) is 1.44. The van der Waals surface area contributed by atoms with Crippen molar-refractivity contribution in [1.82, 2.24) is 0 Å². The number of carbonyl (C=O) groups is 1. The van der Waals surface area contributed by atoms with Crippen LogP contribution in [0, 0.1) is 0 Å². The van der Waals surface area contributed by atoms with Crippen molar-refractivity contribution >= 4 is 21.6 Å². The Morgan fingerprint density at radius 2 is 1.68 bits per heavy atom. The van der Waals surface area contributed by atoms with Crippen LogP contribution in [0.1, 0.15) is 49.0 Å². The van der Waals surface area contributed by atoms with E-state index in [0.717, 1.165) is 12.0 Å². The van der Waals surface area contributed by atoms with Gasteiger partial charge in [0.1, 0.15) is 10.6 Å². The van der Waals surface area contributed by atoms with Gasteiger partial charge in [0.2, 0.25) is 5.78 Å². The van der Waals surface area contributed by atoms with Gasteiger partial charge in [-0.2, -0.15) is 8.42 Å². The highest BCUT2D eigenvalue weighted by molar-refractivity contribution is 7.86. The fraction of sp³-hybridized carbons (Fsp3) is 0.263. The molecule has 2 aromatic rings. The summed E-state index contributed by atoms with van der Waals surface area (Å²) in [7, 11) is -4.06. The van der Waals surface area contributed by atoms with Gasteiger partial charge < -0.3 is 0 Å². The van der Waals surface area contributed by atoms with Crippen molar-refractivity contribution in [2.75, 3.05) is 0 Å². The van der Waals surface area contributed by atoms with Crippen LogP contribution in [0.3, 0.4) is 0 Å². The van der Waals surface area contributed by atoms with Gasteiger partial charge in [0.05, 0.1) is 0 Å². The molecule has 0 radical (unpaired) electrons. The first-order valence-corrected chi connectivity index (χ1v) is 9.44. The Bertz CT molecular complexity index is 856. The van der Waals surface area contributed by atoms with Gasteiger partial charge in [0.25, 0.3) is 0 Å². The van der Waals surface area contributed by atoms with Crippen LogP contribution in [-0.2, 0) is 14.4 Å². The Balaban J connectivity index is 2.14. The van der Waals surface area contributed by atoms with E-state index in [1.54, 1.807) is 42.5 Å². The zero-order chi connectivity index (χ0) is 18.4. The van der Waals surface area contributed by atoms with Crippen molar-refractivity contribution in [3.63, 3.8) is 0 Å². The molecule has 0 amide bonds. The highest BCUT2D eigenvalue weighted by Gasteiger charge is 2.18. The third kappa shape index (κ3) is 4.76. The van der Waals surface area contributed by atoms with Crippen LogP contribution in [0.5, 0.6) is 0 Å². The smallest absolute Gasteiger partial charge is 0.287 e. The van der Waals surface area contributed by atoms with Gasteiger partial charge in [-0.25, -0.2) is 0 Å². The molecule has 1 atom stereocenters. The van der Waals surface area contributed by atoms with E-state index in [9.17, 15) is 13.2 Å². The summed E-state index contributed by atoms with van der Waals surface area (Å²) in [6, 6.07) is 15.0. The van der Waals surface area contributed by atoms with Crippen LogP contribution >= 0.6 is 0 Å². The molecule has 0 aliphatic heterocycles. The lowest BCUT2D eigenvalue weighted by Crippen LogP contribution is -2.12. The molecule has 0 aromatic heterocycles. The molecular weight excluding hydrogens is 338 g/mol. The topological polar surface area (TPSA) is 72.8 Å². The van der Waals surface area contributed by atoms with Crippen LogP contribution in [-0.4, -0.2) is 19.9 Å². The molecule has 132 valence electrons. The predicted molar refractivity (Wildman–Crippen MR) is 97.3 cm³/mol. The zero-order valence-electron chi connectivity index (χ0n) is 14.5. The minimum Gasteiger partial charge on any atom is -0.287 e. The number of Topliss-reactive ketones (excluding diaryl/α,β-unsaturated/α-hetero) is 1. The second kappa shape index (κ2) is 8.07. The van der Waals surface area contributed by atoms with Gasteiger partial charge in [0, 0.05) is 5.56 Å². The number of hydrogen-bond acceptors (Lipinski definition) is 5. The Morgan fingerprint density at radius 3 is 2.24 bits per heavy atom. The minimum atomic E-state index is -4.06. The summed E-state index contributed by atoms with van der Waals surface area (Å²) in [6.45, 7) is 5.55. The van der Waals surface area contributed by atoms with Crippen LogP contribution in [0.25, 0.3) is 0 Å². The summed E-state index contributed by atoms with van der Waals surface area (Å²) >= 11 is 0. The molecule has 2 rings (SSSR count). The number of carbonyl (C=O) groups excluding carboxylic acids is 1. The first-order chi connectivity index (χ1) is 11.8. The standard InChI is InChI=1S/C19H21NO4S/c1-4-14(2)16-10-12-18(13-11-16)25(22,23)24-20-15(3)19(21)17-8-6-5-7-9-17/h5-14H,4H2,1-3H3. The van der Waals surface area contributed by atoms with E-state index in [0.29, 0.717) is 11.5 Å². The average molecular weight is 359 g/mol. The molecule has 0 heterocycles. The van der Waals surface area contributed by atoms with Gasteiger partial charge in [-0.3, -0.25) is 9.08 Å². The summed E-state index contributed by atoms with van der Waals surface area (Å²) in [5.74, 6) is -0.0376. The van der Waals surface area contributed by atoms with E-state index in [1.807, 2.05) is 0 Å². The van der Waals surface area contributed by atoms with E-state index in [1.165, 1.54) is 19.1 Å². The fourth-order valence-corrected chi connectivity index (χ4v) is 2.95. The van der Waals surface area contributed by atoms with Gasteiger partial charge in [-0.15, -0.1) is 0 Å². The fourth-order valence-electron chi connectivity index (χ4n) is 2.19. The molecule has 0 N–H and O–H groups in total. The molecule has 0 fully saturated rings. The normalized spacial score (nSPS) is 13.3. The molecule has 0 saturated heterocycles. The number of nitrogens with zero attached hydrogens (tertiary/aromatic N) is 1. The van der Waals surface area contributed by atoms with Crippen LogP contribution in [0.15, 0.2) is 64.6 Å². The lowest BCUT2D eigenvalue weighted by molar-refractivity contribution is 0.106. The van der Waals surface area contributed by atoms with Crippen molar-refractivity contribution in [3.05, 3.63) is 65.7 Å². The molecule has 0 aliphatic carbocycles. The summed E-state index contributed by atoms with van der Waals surface area (Å²) in [6.07, 6.45) is 0.966. The first kappa shape index (κ1) is 18.9. The quantitative estimate of drug-likeness (QED) is 0.423. The Morgan fingerprint density at radius 1 is 1.08 bits per heavy atom. The largest absolute Gasteiger partial charge is 0.358 e. The Hall–Kier alpha value is -2.47. The SMILES string of the molecule is CCC(C)c1ccc(S(=O)(=O)ON=C(C)C(=O)c2ccccc2)cc1. The van der Waals surface area contributed by atoms with E-state index in [-0.39, 0.29) is 16.4 Å². The number of oxime groups is 1. The molecule has 0 saturated carbocycles. The minimum absolute atomic E-state index is 0.00302. The summed E-state index contributed by atoms with van der Waals surface area (Å²) in [5, 5.41) is 3.50. The van der Waals surface area contributed by atoms with E-state index < -0.39 is 10.1 Å². The lowest BCUT2D eigenvalue weighted by Gasteiger charge is -2.09. The molecule has 2 aromatic carbocycles. The zero-order valence-corrected chi connectivity index (χ0v) is 15.3. The number of rotatable bonds is 7. The summed E-state index contributed by atoms with van der Waals surface area (Å²) < 4.78 is 29.1. The highest BCUT2D eigenvalue weighted by atomic mass is 32.2. The second-order valence-corrected chi connectivity index (χ2v) is 7.31. The number of ketones is 1. The van der Waals surface area contributed by atoms with Gasteiger partial charge in [-0.05, 0) is 37.0 Å². The lowest BCUT2D eigenvalue weighted by atomic mass is 9.99. The van der Waals surface area contributed by atoms with Crippen LogP contribution in [0.2, 0.25) is 0 Å². The van der Waals surface area contributed by atoms with Crippen molar-refractivity contribution in [2.24, 2.45) is 5.16 Å². The molecule has 5 nitrogen and oxygen atoms in total. The third-order valence-corrected chi connectivity index (χ3v) is 5.11. The molecule has 0 spiro atoms. The predicted octanol–water partition coefficient (Wildman–Crippen LogP) is 4.16. The van der Waals surface area contributed by atoms with Crippen molar-refractivity contribution in [1.29, 1.82) is 0 Å². The van der Waals surface area contributed by atoms with E-state index in [4.69, 9.17) is 0 Å². The van der Waals surface area contributed by atoms with E-state index in [2.05, 4.69) is 23.3 Å². The van der Waals surface area contributed by atoms with Gasteiger partial charge in [0.15, 0.2) is 0 Å². The molecule has 6 heteroatoms.